The molecule has 0 nitrogen and oxygen atoms in total. The molecule has 0 amide bonds. The maximum atomic E-state index is 13.1. The van der Waals surface area contributed by atoms with Gasteiger partial charge in [-0.2, -0.15) is 13.2 Å². The zero-order chi connectivity index (χ0) is 10.2. The smallest absolute Gasteiger partial charge is 0.246 e. The Bertz CT molecular complexity index is 124. The van der Waals surface area contributed by atoms with Crippen LogP contribution in [0.3, 0.4) is 0 Å². The molecule has 4 heteroatoms. The lowest BCUT2D eigenvalue weighted by atomic mass is 9.83. The van der Waals surface area contributed by atoms with Crippen LogP contribution in [0.25, 0.3) is 0 Å². The second kappa shape index (κ2) is 3.23. The molecule has 0 aromatic rings. The summed E-state index contributed by atoms with van der Waals surface area (Å²) in [6.45, 7) is 5.25. The van der Waals surface area contributed by atoms with Gasteiger partial charge in [-0.25, -0.2) is 4.39 Å². The third kappa shape index (κ3) is 2.99. The minimum Gasteiger partial charge on any atom is -0.246 e. The van der Waals surface area contributed by atoms with Crippen molar-refractivity contribution in [2.45, 2.75) is 40.0 Å². The molecule has 0 N–H and O–H groups in total. The van der Waals surface area contributed by atoms with E-state index in [1.54, 1.807) is 0 Å². The predicted molar refractivity (Wildman–Crippen MR) is 39.6 cm³/mol. The van der Waals surface area contributed by atoms with Gasteiger partial charge in [0, 0.05) is 0 Å². The van der Waals surface area contributed by atoms with Gasteiger partial charge in [0.15, 0.2) is 0 Å². The second-order valence-corrected chi connectivity index (χ2v) is 4.10. The first kappa shape index (κ1) is 11.7. The Hall–Kier alpha value is -0.280. The van der Waals surface area contributed by atoms with E-state index < -0.39 is 23.7 Å². The van der Waals surface area contributed by atoms with Crippen LogP contribution in [-0.2, 0) is 0 Å². The zero-order valence-electron chi connectivity index (χ0n) is 7.67. The first-order valence-electron chi connectivity index (χ1n) is 3.77. The van der Waals surface area contributed by atoms with Crippen molar-refractivity contribution in [3.05, 3.63) is 0 Å². The van der Waals surface area contributed by atoms with Gasteiger partial charge in [-0.15, -0.1) is 0 Å². The van der Waals surface area contributed by atoms with Gasteiger partial charge in [-0.1, -0.05) is 27.7 Å². The normalized spacial score (nSPS) is 19.0. The summed E-state index contributed by atoms with van der Waals surface area (Å²) in [4.78, 5) is 0. The van der Waals surface area contributed by atoms with Gasteiger partial charge in [-0.3, -0.25) is 0 Å². The fourth-order valence-corrected chi connectivity index (χ4v) is 0.916. The van der Waals surface area contributed by atoms with E-state index in [4.69, 9.17) is 0 Å². The molecule has 0 fully saturated rings. The van der Waals surface area contributed by atoms with E-state index in [9.17, 15) is 17.6 Å². The van der Waals surface area contributed by atoms with Gasteiger partial charge in [0.1, 0.15) is 6.17 Å². The molecular formula is C8H14F4. The van der Waals surface area contributed by atoms with Crippen molar-refractivity contribution in [2.75, 3.05) is 0 Å². The van der Waals surface area contributed by atoms with Crippen LogP contribution >= 0.6 is 0 Å². The fraction of sp³-hybridized carbons (Fsp3) is 1.00. The zero-order valence-corrected chi connectivity index (χ0v) is 7.67. The summed E-state index contributed by atoms with van der Waals surface area (Å²) in [7, 11) is 0. The fourth-order valence-electron chi connectivity index (χ4n) is 0.916. The Balaban J connectivity index is 4.41. The maximum absolute atomic E-state index is 13.1. The number of hydrogen-bond donors (Lipinski definition) is 0. The van der Waals surface area contributed by atoms with Gasteiger partial charge in [0.2, 0.25) is 0 Å². The third-order valence-electron chi connectivity index (χ3n) is 1.78. The van der Waals surface area contributed by atoms with Crippen LogP contribution < -0.4 is 0 Å². The molecule has 0 aromatic carbocycles. The van der Waals surface area contributed by atoms with E-state index in [0.717, 1.165) is 6.92 Å². The van der Waals surface area contributed by atoms with E-state index in [1.165, 1.54) is 20.8 Å². The summed E-state index contributed by atoms with van der Waals surface area (Å²) in [6, 6.07) is 0. The first-order chi connectivity index (χ1) is 5.07. The van der Waals surface area contributed by atoms with Crippen molar-refractivity contribution < 1.29 is 17.6 Å². The summed E-state index contributed by atoms with van der Waals surface area (Å²) in [5.41, 5.74) is -0.949. The molecule has 74 valence electrons. The summed E-state index contributed by atoms with van der Waals surface area (Å²) in [6.07, 6.45) is -6.29. The quantitative estimate of drug-likeness (QED) is 0.549. The van der Waals surface area contributed by atoms with E-state index >= 15 is 0 Å². The molecule has 0 aliphatic carbocycles. The van der Waals surface area contributed by atoms with Crippen LogP contribution in [0.2, 0.25) is 0 Å². The lowest BCUT2D eigenvalue weighted by Gasteiger charge is -2.29. The molecule has 0 aromatic heterocycles. The third-order valence-corrected chi connectivity index (χ3v) is 1.78. The van der Waals surface area contributed by atoms with Crippen molar-refractivity contribution >= 4 is 0 Å². The highest BCUT2D eigenvalue weighted by Gasteiger charge is 2.45. The summed E-state index contributed by atoms with van der Waals surface area (Å²) < 4.78 is 49.0. The molecule has 0 aliphatic heterocycles. The Morgan fingerprint density at radius 1 is 1.00 bits per heavy atom. The average molecular weight is 186 g/mol. The van der Waals surface area contributed by atoms with Gasteiger partial charge < -0.3 is 0 Å². The first-order valence-corrected chi connectivity index (χ1v) is 3.77. The number of rotatable bonds is 1. The number of alkyl halides is 4. The lowest BCUT2D eigenvalue weighted by Crippen LogP contribution is -2.37. The van der Waals surface area contributed by atoms with Gasteiger partial charge in [0.25, 0.3) is 0 Å². The van der Waals surface area contributed by atoms with Crippen LogP contribution in [-0.4, -0.2) is 12.3 Å². The Kier molecular flexibility index (Phi) is 3.15. The molecule has 0 saturated heterocycles. The SMILES string of the molecule is CC(C(F)C(C)(C)C)C(F)(F)F. The largest absolute Gasteiger partial charge is 0.394 e. The maximum Gasteiger partial charge on any atom is 0.394 e. The minimum absolute atomic E-state index is 0.871. The highest BCUT2D eigenvalue weighted by Crippen LogP contribution is 2.37. The highest BCUT2D eigenvalue weighted by atomic mass is 19.4. The Labute approximate surface area is 70.0 Å². The Morgan fingerprint density at radius 2 is 1.33 bits per heavy atom. The van der Waals surface area contributed by atoms with Crippen LogP contribution in [0.1, 0.15) is 27.7 Å². The molecule has 0 aliphatic rings. The van der Waals surface area contributed by atoms with Crippen molar-refractivity contribution in [2.24, 2.45) is 11.3 Å². The summed E-state index contributed by atoms with van der Waals surface area (Å²) in [5.74, 6) is -1.89. The number of hydrogen-bond acceptors (Lipinski definition) is 0. The van der Waals surface area contributed by atoms with E-state index in [2.05, 4.69) is 0 Å². The standard InChI is InChI=1S/C8H14F4/c1-5(8(10,11)12)6(9)7(2,3)4/h5-6H,1-4H3. The van der Waals surface area contributed by atoms with Gasteiger partial charge >= 0.3 is 6.18 Å². The van der Waals surface area contributed by atoms with Crippen LogP contribution in [0.5, 0.6) is 0 Å². The minimum atomic E-state index is -4.44. The van der Waals surface area contributed by atoms with Crippen LogP contribution in [0, 0.1) is 11.3 Å². The van der Waals surface area contributed by atoms with Crippen LogP contribution in [0.15, 0.2) is 0 Å². The monoisotopic (exact) mass is 186 g/mol. The molecular weight excluding hydrogens is 172 g/mol. The van der Waals surface area contributed by atoms with Crippen molar-refractivity contribution in [1.29, 1.82) is 0 Å². The van der Waals surface area contributed by atoms with Crippen molar-refractivity contribution in [3.8, 4) is 0 Å². The number of halogens is 4. The highest BCUT2D eigenvalue weighted by molar-refractivity contribution is 4.81. The molecule has 0 bridgehead atoms. The molecule has 0 spiro atoms. The molecule has 12 heavy (non-hydrogen) atoms. The summed E-state index contributed by atoms with van der Waals surface area (Å²) >= 11 is 0. The van der Waals surface area contributed by atoms with Gasteiger partial charge in [-0.05, 0) is 5.41 Å². The van der Waals surface area contributed by atoms with Crippen molar-refractivity contribution in [1.82, 2.24) is 0 Å². The predicted octanol–water partition coefficient (Wildman–Crippen LogP) is 3.57. The van der Waals surface area contributed by atoms with Crippen molar-refractivity contribution in [3.63, 3.8) is 0 Å². The second-order valence-electron chi connectivity index (χ2n) is 4.10. The summed E-state index contributed by atoms with van der Waals surface area (Å²) in [5, 5.41) is 0. The molecule has 0 saturated carbocycles. The van der Waals surface area contributed by atoms with E-state index in [-0.39, 0.29) is 0 Å². The van der Waals surface area contributed by atoms with E-state index in [0.29, 0.717) is 0 Å². The molecule has 0 heterocycles. The molecule has 2 unspecified atom stereocenters. The van der Waals surface area contributed by atoms with Gasteiger partial charge in [0.05, 0.1) is 5.92 Å². The Morgan fingerprint density at radius 3 is 1.42 bits per heavy atom. The lowest BCUT2D eigenvalue weighted by molar-refractivity contribution is -0.195. The molecule has 2 atom stereocenters. The molecule has 0 rings (SSSR count). The average Bonchev–Trinajstić information content (AvgIpc) is 1.80. The van der Waals surface area contributed by atoms with Crippen LogP contribution in [0.4, 0.5) is 17.6 Å². The topological polar surface area (TPSA) is 0 Å². The molecule has 0 radical (unpaired) electrons. The van der Waals surface area contributed by atoms with E-state index in [1.807, 2.05) is 0 Å².